The van der Waals surface area contributed by atoms with E-state index in [2.05, 4.69) is 10.2 Å². The Morgan fingerprint density at radius 3 is 2.82 bits per heavy atom. The van der Waals surface area contributed by atoms with E-state index in [1.54, 1.807) is 12.3 Å². The summed E-state index contributed by atoms with van der Waals surface area (Å²) in [5, 5.41) is 15.2. The Labute approximate surface area is 98.6 Å². The summed E-state index contributed by atoms with van der Waals surface area (Å²) in [6.07, 6.45) is 3.94. The molecule has 92 valence electrons. The lowest BCUT2D eigenvalue weighted by Crippen LogP contribution is -2.38. The van der Waals surface area contributed by atoms with Crippen molar-refractivity contribution in [2.24, 2.45) is 5.92 Å². The van der Waals surface area contributed by atoms with Crippen molar-refractivity contribution in [3.8, 4) is 0 Å². The van der Waals surface area contributed by atoms with E-state index in [9.17, 15) is 9.59 Å². The minimum absolute atomic E-state index is 0.163. The first-order chi connectivity index (χ1) is 8.15. The predicted molar refractivity (Wildman–Crippen MR) is 59.2 cm³/mol. The molecule has 6 heteroatoms. The number of amides is 1. The molecule has 0 radical (unpaired) electrons. The summed E-state index contributed by atoms with van der Waals surface area (Å²) >= 11 is 0. The first kappa shape index (κ1) is 11.6. The fraction of sp³-hybridized carbons (Fsp3) is 0.545. The van der Waals surface area contributed by atoms with Gasteiger partial charge >= 0.3 is 5.97 Å². The summed E-state index contributed by atoms with van der Waals surface area (Å²) in [4.78, 5) is 24.0. The van der Waals surface area contributed by atoms with Gasteiger partial charge in [0.25, 0.3) is 0 Å². The number of nitrogens with one attached hydrogen (secondary N) is 1. The zero-order chi connectivity index (χ0) is 12.3. The average molecular weight is 237 g/mol. The highest BCUT2D eigenvalue weighted by molar-refractivity contribution is 5.82. The molecule has 0 aromatic carbocycles. The van der Waals surface area contributed by atoms with Crippen LogP contribution in [0.2, 0.25) is 0 Å². The lowest BCUT2D eigenvalue weighted by atomic mass is 10.2. The maximum absolute atomic E-state index is 11.9. The summed E-state index contributed by atoms with van der Waals surface area (Å²) in [6, 6.07) is 1.72. The van der Waals surface area contributed by atoms with Gasteiger partial charge in [0.2, 0.25) is 5.91 Å². The van der Waals surface area contributed by atoms with Gasteiger partial charge in [0.1, 0.15) is 6.54 Å². The molecule has 1 amide bonds. The molecule has 0 atom stereocenters. The zero-order valence-corrected chi connectivity index (χ0v) is 9.43. The molecule has 1 aliphatic carbocycles. The molecule has 1 aromatic rings. The molecular weight excluding hydrogens is 222 g/mol. The number of rotatable bonds is 6. The molecular formula is C11H15N3O3. The van der Waals surface area contributed by atoms with Crippen LogP contribution in [0.15, 0.2) is 12.3 Å². The Morgan fingerprint density at radius 2 is 2.29 bits per heavy atom. The van der Waals surface area contributed by atoms with Crippen LogP contribution in [0.4, 0.5) is 0 Å². The Kier molecular flexibility index (Phi) is 3.41. The number of aromatic amines is 1. The second-order valence-electron chi connectivity index (χ2n) is 4.37. The summed E-state index contributed by atoms with van der Waals surface area (Å²) in [7, 11) is 0. The largest absolute Gasteiger partial charge is 0.480 e. The van der Waals surface area contributed by atoms with Crippen LogP contribution in [0.1, 0.15) is 18.5 Å². The van der Waals surface area contributed by atoms with Gasteiger partial charge < -0.3 is 10.0 Å². The van der Waals surface area contributed by atoms with Crippen LogP contribution in [0.3, 0.4) is 0 Å². The van der Waals surface area contributed by atoms with E-state index >= 15 is 0 Å². The van der Waals surface area contributed by atoms with Crippen molar-refractivity contribution in [2.45, 2.75) is 19.3 Å². The van der Waals surface area contributed by atoms with Gasteiger partial charge in [-0.05, 0) is 24.8 Å². The van der Waals surface area contributed by atoms with Crippen LogP contribution < -0.4 is 0 Å². The van der Waals surface area contributed by atoms with Crippen molar-refractivity contribution >= 4 is 11.9 Å². The second-order valence-corrected chi connectivity index (χ2v) is 4.37. The molecule has 0 saturated heterocycles. The first-order valence-corrected chi connectivity index (χ1v) is 5.63. The minimum atomic E-state index is -0.969. The van der Waals surface area contributed by atoms with E-state index in [0.29, 0.717) is 18.2 Å². The average Bonchev–Trinajstić information content (AvgIpc) is 2.92. The SMILES string of the molecule is O=C(O)CN(CC1CC1)C(=O)Cc1ccn[nH]1. The van der Waals surface area contributed by atoms with Gasteiger partial charge in [-0.25, -0.2) is 0 Å². The van der Waals surface area contributed by atoms with Gasteiger partial charge in [0, 0.05) is 18.4 Å². The Balaban J connectivity index is 1.93. The third kappa shape index (κ3) is 3.58. The quantitative estimate of drug-likeness (QED) is 0.743. The fourth-order valence-corrected chi connectivity index (χ4v) is 1.69. The van der Waals surface area contributed by atoms with Gasteiger partial charge in [-0.15, -0.1) is 0 Å². The number of hydrogen-bond donors (Lipinski definition) is 2. The van der Waals surface area contributed by atoms with Gasteiger partial charge in [-0.1, -0.05) is 0 Å². The lowest BCUT2D eigenvalue weighted by Gasteiger charge is -2.20. The summed E-state index contributed by atoms with van der Waals surface area (Å²) in [5.74, 6) is -0.646. The lowest BCUT2D eigenvalue weighted by molar-refractivity contribution is -0.144. The van der Waals surface area contributed by atoms with Crippen LogP contribution in [0, 0.1) is 5.92 Å². The maximum Gasteiger partial charge on any atom is 0.323 e. The van der Waals surface area contributed by atoms with Crippen molar-refractivity contribution in [1.82, 2.24) is 15.1 Å². The Hall–Kier alpha value is -1.85. The third-order valence-electron chi connectivity index (χ3n) is 2.75. The number of carboxylic acid groups (broad SMARTS) is 1. The molecule has 17 heavy (non-hydrogen) atoms. The molecule has 0 aliphatic heterocycles. The topological polar surface area (TPSA) is 86.3 Å². The van der Waals surface area contributed by atoms with Crippen molar-refractivity contribution < 1.29 is 14.7 Å². The van der Waals surface area contributed by atoms with E-state index < -0.39 is 5.97 Å². The Morgan fingerprint density at radius 1 is 1.53 bits per heavy atom. The Bertz CT molecular complexity index is 398. The number of aliphatic carboxylic acids is 1. The van der Waals surface area contributed by atoms with E-state index in [1.165, 1.54) is 4.90 Å². The van der Waals surface area contributed by atoms with Crippen LogP contribution >= 0.6 is 0 Å². The summed E-state index contributed by atoms with van der Waals surface area (Å²) < 4.78 is 0. The highest BCUT2D eigenvalue weighted by Gasteiger charge is 2.27. The van der Waals surface area contributed by atoms with Crippen molar-refractivity contribution in [3.63, 3.8) is 0 Å². The first-order valence-electron chi connectivity index (χ1n) is 5.63. The smallest absolute Gasteiger partial charge is 0.323 e. The van der Waals surface area contributed by atoms with Gasteiger partial charge in [-0.2, -0.15) is 5.10 Å². The summed E-state index contributed by atoms with van der Waals surface area (Å²) in [5.41, 5.74) is 0.709. The van der Waals surface area contributed by atoms with E-state index in [1.807, 2.05) is 0 Å². The van der Waals surface area contributed by atoms with Crippen LogP contribution in [0.25, 0.3) is 0 Å². The number of H-pyrrole nitrogens is 1. The number of carboxylic acids is 1. The molecule has 2 N–H and O–H groups in total. The molecule has 1 saturated carbocycles. The number of aromatic nitrogens is 2. The highest BCUT2D eigenvalue weighted by Crippen LogP contribution is 2.29. The van der Waals surface area contributed by atoms with E-state index in [4.69, 9.17) is 5.11 Å². The van der Waals surface area contributed by atoms with Crippen molar-refractivity contribution in [1.29, 1.82) is 0 Å². The van der Waals surface area contributed by atoms with Crippen LogP contribution in [0.5, 0.6) is 0 Å². The molecule has 1 fully saturated rings. The van der Waals surface area contributed by atoms with Crippen LogP contribution in [-0.2, 0) is 16.0 Å². The molecule has 6 nitrogen and oxygen atoms in total. The zero-order valence-electron chi connectivity index (χ0n) is 9.43. The molecule has 1 aliphatic rings. The monoisotopic (exact) mass is 237 g/mol. The molecule has 1 aromatic heterocycles. The van der Waals surface area contributed by atoms with Crippen LogP contribution in [-0.4, -0.2) is 45.2 Å². The molecule has 0 spiro atoms. The van der Waals surface area contributed by atoms with E-state index in [-0.39, 0.29) is 18.9 Å². The number of nitrogens with zero attached hydrogens (tertiary/aromatic N) is 2. The summed E-state index contributed by atoms with van der Waals surface area (Å²) in [6.45, 7) is 0.336. The molecule has 1 heterocycles. The number of carbonyl (C=O) groups is 2. The fourth-order valence-electron chi connectivity index (χ4n) is 1.69. The second kappa shape index (κ2) is 4.99. The van der Waals surface area contributed by atoms with Gasteiger partial charge in [-0.3, -0.25) is 14.7 Å². The molecule has 0 unspecified atom stereocenters. The number of carbonyl (C=O) groups excluding carboxylic acids is 1. The van der Waals surface area contributed by atoms with Gasteiger partial charge in [0.15, 0.2) is 0 Å². The van der Waals surface area contributed by atoms with Crippen molar-refractivity contribution in [2.75, 3.05) is 13.1 Å². The predicted octanol–water partition coefficient (Wildman–Crippen LogP) is 0.275. The van der Waals surface area contributed by atoms with Crippen molar-refractivity contribution in [3.05, 3.63) is 18.0 Å². The third-order valence-corrected chi connectivity index (χ3v) is 2.75. The minimum Gasteiger partial charge on any atom is -0.480 e. The highest BCUT2D eigenvalue weighted by atomic mass is 16.4. The maximum atomic E-state index is 11.9. The molecule has 2 rings (SSSR count). The van der Waals surface area contributed by atoms with E-state index in [0.717, 1.165) is 12.8 Å². The van der Waals surface area contributed by atoms with Gasteiger partial charge in [0.05, 0.1) is 6.42 Å². The normalized spacial score (nSPS) is 14.6. The standard InChI is InChI=1S/C11H15N3O3/c15-10(5-9-3-4-12-13-9)14(7-11(16)17)6-8-1-2-8/h3-4,8H,1-2,5-7H2,(H,12,13)(H,16,17). The molecule has 0 bridgehead atoms. The number of hydrogen-bond acceptors (Lipinski definition) is 3.